The van der Waals surface area contributed by atoms with E-state index in [9.17, 15) is 4.79 Å². The van der Waals surface area contributed by atoms with Crippen LogP contribution >= 0.6 is 0 Å². The van der Waals surface area contributed by atoms with E-state index in [2.05, 4.69) is 34.5 Å². The zero-order valence-corrected chi connectivity index (χ0v) is 16.1. The fourth-order valence-corrected chi connectivity index (χ4v) is 3.53. The van der Waals surface area contributed by atoms with Crippen LogP contribution < -0.4 is 14.8 Å². The first kappa shape index (κ1) is 19.2. The Morgan fingerprint density at radius 2 is 1.81 bits per heavy atom. The Kier molecular flexibility index (Phi) is 6.71. The highest BCUT2D eigenvalue weighted by Crippen LogP contribution is 2.25. The number of hydrogen-bond acceptors (Lipinski definition) is 4. The van der Waals surface area contributed by atoms with Gasteiger partial charge in [0.15, 0.2) is 0 Å². The number of amides is 1. The number of piperidine rings is 1. The minimum absolute atomic E-state index is 0.0416. The lowest BCUT2D eigenvalue weighted by Crippen LogP contribution is -2.44. The van der Waals surface area contributed by atoms with Gasteiger partial charge in [-0.05, 0) is 24.5 Å². The first-order valence-corrected chi connectivity index (χ1v) is 9.44. The average molecular weight is 368 g/mol. The minimum atomic E-state index is 0.0416. The lowest BCUT2D eigenvalue weighted by Gasteiger charge is -2.32. The number of rotatable bonds is 7. The van der Waals surface area contributed by atoms with Gasteiger partial charge in [-0.25, -0.2) is 0 Å². The van der Waals surface area contributed by atoms with Gasteiger partial charge >= 0.3 is 0 Å². The molecule has 0 radical (unpaired) electrons. The molecule has 5 heteroatoms. The number of methoxy groups -OCH3 is 2. The summed E-state index contributed by atoms with van der Waals surface area (Å²) in [7, 11) is 3.23. The molecular weight excluding hydrogens is 340 g/mol. The molecule has 2 aromatic carbocycles. The van der Waals surface area contributed by atoms with Crippen LogP contribution in [0.4, 0.5) is 0 Å². The summed E-state index contributed by atoms with van der Waals surface area (Å²) in [6.07, 6.45) is 2.29. The van der Waals surface area contributed by atoms with Crippen molar-refractivity contribution in [1.29, 1.82) is 0 Å². The average Bonchev–Trinajstić information content (AvgIpc) is 2.70. The topological polar surface area (TPSA) is 50.8 Å². The lowest BCUT2D eigenvalue weighted by atomic mass is 10.0. The van der Waals surface area contributed by atoms with Crippen LogP contribution in [0.1, 0.15) is 24.0 Å². The van der Waals surface area contributed by atoms with Gasteiger partial charge in [-0.1, -0.05) is 36.4 Å². The molecule has 1 aliphatic heterocycles. The lowest BCUT2D eigenvalue weighted by molar-refractivity contribution is -0.121. The van der Waals surface area contributed by atoms with Crippen LogP contribution in [0.3, 0.4) is 0 Å². The van der Waals surface area contributed by atoms with E-state index in [1.165, 1.54) is 5.56 Å². The predicted molar refractivity (Wildman–Crippen MR) is 106 cm³/mol. The molecule has 1 heterocycles. The Morgan fingerprint density at radius 3 is 2.48 bits per heavy atom. The summed E-state index contributed by atoms with van der Waals surface area (Å²) in [5, 5.41) is 3.18. The van der Waals surface area contributed by atoms with Crippen molar-refractivity contribution in [2.45, 2.75) is 31.8 Å². The summed E-state index contributed by atoms with van der Waals surface area (Å²) in [6, 6.07) is 16.3. The Balaban J connectivity index is 1.47. The summed E-state index contributed by atoms with van der Waals surface area (Å²) in [4.78, 5) is 14.9. The van der Waals surface area contributed by atoms with Gasteiger partial charge in [0, 0.05) is 37.3 Å². The molecule has 2 aromatic rings. The van der Waals surface area contributed by atoms with E-state index in [1.54, 1.807) is 14.2 Å². The molecule has 1 aliphatic rings. The number of benzene rings is 2. The van der Waals surface area contributed by atoms with Crippen molar-refractivity contribution < 1.29 is 14.3 Å². The van der Waals surface area contributed by atoms with Crippen molar-refractivity contribution in [3.05, 3.63) is 59.7 Å². The van der Waals surface area contributed by atoms with Crippen molar-refractivity contribution in [3.63, 3.8) is 0 Å². The van der Waals surface area contributed by atoms with Crippen molar-refractivity contribution in [2.24, 2.45) is 0 Å². The second-order valence-corrected chi connectivity index (χ2v) is 6.96. The van der Waals surface area contributed by atoms with E-state index in [-0.39, 0.29) is 11.9 Å². The Morgan fingerprint density at radius 1 is 1.07 bits per heavy atom. The molecule has 1 saturated heterocycles. The van der Waals surface area contributed by atoms with E-state index >= 15 is 0 Å². The largest absolute Gasteiger partial charge is 0.497 e. The molecule has 0 bridgehead atoms. The number of ether oxygens (including phenoxy) is 2. The first-order valence-electron chi connectivity index (χ1n) is 9.44. The monoisotopic (exact) mass is 368 g/mol. The third-order valence-corrected chi connectivity index (χ3v) is 5.05. The SMILES string of the molecule is COc1ccc(CC(=O)NC2CCN(Cc3ccccc3)CC2)c(OC)c1. The molecule has 27 heavy (non-hydrogen) atoms. The summed E-state index contributed by atoms with van der Waals surface area (Å²) >= 11 is 0. The van der Waals surface area contributed by atoms with Gasteiger partial charge in [-0.2, -0.15) is 0 Å². The maximum absolute atomic E-state index is 12.5. The Labute approximate surface area is 161 Å². The summed E-state index contributed by atoms with van der Waals surface area (Å²) in [5.74, 6) is 1.45. The highest BCUT2D eigenvalue weighted by atomic mass is 16.5. The quantitative estimate of drug-likeness (QED) is 0.816. The van der Waals surface area contributed by atoms with Crippen LogP contribution in [-0.4, -0.2) is 44.2 Å². The maximum Gasteiger partial charge on any atom is 0.224 e. The van der Waals surface area contributed by atoms with E-state index < -0.39 is 0 Å². The molecule has 0 spiro atoms. The number of likely N-dealkylation sites (tertiary alicyclic amines) is 1. The smallest absolute Gasteiger partial charge is 0.224 e. The van der Waals surface area contributed by atoms with Gasteiger partial charge in [-0.15, -0.1) is 0 Å². The van der Waals surface area contributed by atoms with Gasteiger partial charge in [0.2, 0.25) is 5.91 Å². The molecular formula is C22H28N2O3. The van der Waals surface area contributed by atoms with Crippen LogP contribution in [0.25, 0.3) is 0 Å². The molecule has 0 unspecified atom stereocenters. The molecule has 1 fully saturated rings. The van der Waals surface area contributed by atoms with Crippen molar-refractivity contribution in [3.8, 4) is 11.5 Å². The van der Waals surface area contributed by atoms with Gasteiger partial charge < -0.3 is 14.8 Å². The third kappa shape index (κ3) is 5.47. The van der Waals surface area contributed by atoms with E-state index in [0.717, 1.165) is 43.8 Å². The number of nitrogens with zero attached hydrogens (tertiary/aromatic N) is 1. The Bertz CT molecular complexity index is 740. The van der Waals surface area contributed by atoms with Gasteiger partial charge in [0.25, 0.3) is 0 Å². The molecule has 144 valence electrons. The highest BCUT2D eigenvalue weighted by Gasteiger charge is 2.21. The second kappa shape index (κ2) is 9.42. The predicted octanol–water partition coefficient (Wildman–Crippen LogP) is 3.03. The third-order valence-electron chi connectivity index (χ3n) is 5.05. The highest BCUT2D eigenvalue weighted by molar-refractivity contribution is 5.79. The zero-order chi connectivity index (χ0) is 19.1. The molecule has 0 saturated carbocycles. The summed E-state index contributed by atoms with van der Waals surface area (Å²) < 4.78 is 10.6. The normalized spacial score (nSPS) is 15.3. The van der Waals surface area contributed by atoms with Crippen LogP contribution in [0.5, 0.6) is 11.5 Å². The number of carbonyl (C=O) groups is 1. The molecule has 1 N–H and O–H groups in total. The van der Waals surface area contributed by atoms with Gasteiger partial charge in [0.05, 0.1) is 20.6 Å². The molecule has 0 atom stereocenters. The molecule has 5 nitrogen and oxygen atoms in total. The van der Waals surface area contributed by atoms with Crippen molar-refractivity contribution >= 4 is 5.91 Å². The molecule has 0 aromatic heterocycles. The van der Waals surface area contributed by atoms with Crippen LogP contribution in [0, 0.1) is 0 Å². The first-order chi connectivity index (χ1) is 13.2. The molecule has 3 rings (SSSR count). The Hall–Kier alpha value is -2.53. The summed E-state index contributed by atoms with van der Waals surface area (Å²) in [5.41, 5.74) is 2.21. The minimum Gasteiger partial charge on any atom is -0.497 e. The van der Waals surface area contributed by atoms with E-state index in [1.807, 2.05) is 24.3 Å². The fraction of sp³-hybridized carbons (Fsp3) is 0.409. The van der Waals surface area contributed by atoms with Gasteiger partial charge in [0.1, 0.15) is 11.5 Å². The molecule has 1 amide bonds. The number of nitrogens with one attached hydrogen (secondary N) is 1. The van der Waals surface area contributed by atoms with Crippen molar-refractivity contribution in [2.75, 3.05) is 27.3 Å². The van der Waals surface area contributed by atoms with Crippen LogP contribution in [-0.2, 0) is 17.8 Å². The fourth-order valence-electron chi connectivity index (χ4n) is 3.53. The van der Waals surface area contributed by atoms with E-state index in [4.69, 9.17) is 9.47 Å². The number of hydrogen-bond donors (Lipinski definition) is 1. The zero-order valence-electron chi connectivity index (χ0n) is 16.1. The van der Waals surface area contributed by atoms with Gasteiger partial charge in [-0.3, -0.25) is 9.69 Å². The molecule has 0 aliphatic carbocycles. The second-order valence-electron chi connectivity index (χ2n) is 6.96. The maximum atomic E-state index is 12.5. The van der Waals surface area contributed by atoms with E-state index in [0.29, 0.717) is 12.2 Å². The number of carbonyl (C=O) groups excluding carboxylic acids is 1. The summed E-state index contributed by atoms with van der Waals surface area (Å²) in [6.45, 7) is 2.99. The van der Waals surface area contributed by atoms with Crippen molar-refractivity contribution in [1.82, 2.24) is 10.2 Å². The van der Waals surface area contributed by atoms with Crippen LogP contribution in [0.2, 0.25) is 0 Å². The standard InChI is InChI=1S/C22H28N2O3/c1-26-20-9-8-18(21(15-20)27-2)14-22(25)23-19-10-12-24(13-11-19)16-17-6-4-3-5-7-17/h3-9,15,19H,10-14,16H2,1-2H3,(H,23,25). The van der Waals surface area contributed by atoms with Crippen LogP contribution in [0.15, 0.2) is 48.5 Å².